The Morgan fingerprint density at radius 1 is 1.30 bits per heavy atom. The van der Waals surface area contributed by atoms with Gasteiger partial charge in [0.05, 0.1) is 18.1 Å². The summed E-state index contributed by atoms with van der Waals surface area (Å²) in [6.07, 6.45) is 1.37. The molecular formula is C14H21NO6S2. The van der Waals surface area contributed by atoms with E-state index < -0.39 is 31.8 Å². The quantitative estimate of drug-likeness (QED) is 0.797. The van der Waals surface area contributed by atoms with E-state index in [2.05, 4.69) is 4.72 Å². The molecule has 1 aromatic rings. The molecule has 1 aromatic carbocycles. The van der Waals surface area contributed by atoms with E-state index in [1.807, 2.05) is 13.8 Å². The van der Waals surface area contributed by atoms with E-state index in [1.54, 1.807) is 13.0 Å². The van der Waals surface area contributed by atoms with Crippen LogP contribution in [0.3, 0.4) is 0 Å². The zero-order valence-corrected chi connectivity index (χ0v) is 15.1. The normalized spacial score (nSPS) is 20.4. The molecule has 23 heavy (non-hydrogen) atoms. The molecule has 0 saturated carbocycles. The van der Waals surface area contributed by atoms with Crippen molar-refractivity contribution < 1.29 is 25.8 Å². The summed E-state index contributed by atoms with van der Waals surface area (Å²) < 4.78 is 59.7. The van der Waals surface area contributed by atoms with Crippen LogP contribution in [-0.2, 0) is 20.1 Å². The maximum absolute atomic E-state index is 11.9. The summed E-state index contributed by atoms with van der Waals surface area (Å²) in [6, 6.07) is 4.05. The molecule has 0 aromatic heterocycles. The predicted molar refractivity (Wildman–Crippen MR) is 86.6 cm³/mol. The van der Waals surface area contributed by atoms with Crippen molar-refractivity contribution in [2.75, 3.05) is 12.0 Å². The first-order chi connectivity index (χ1) is 10.4. The van der Waals surface area contributed by atoms with Crippen LogP contribution in [0.4, 0.5) is 0 Å². The van der Waals surface area contributed by atoms with Crippen molar-refractivity contribution in [3.63, 3.8) is 0 Å². The molecule has 0 aliphatic carbocycles. The summed E-state index contributed by atoms with van der Waals surface area (Å²) in [4.78, 5) is 0. The number of sulfonamides is 1. The number of hydrogen-bond donors (Lipinski definition) is 1. The van der Waals surface area contributed by atoms with Crippen LogP contribution >= 0.6 is 0 Å². The van der Waals surface area contributed by atoms with Crippen LogP contribution in [-0.4, -0.2) is 34.4 Å². The smallest absolute Gasteiger partial charge is 0.306 e. The van der Waals surface area contributed by atoms with E-state index >= 15 is 0 Å². The number of benzene rings is 1. The molecule has 7 nitrogen and oxygen atoms in total. The van der Waals surface area contributed by atoms with Gasteiger partial charge in [-0.1, -0.05) is 0 Å². The fourth-order valence-electron chi connectivity index (χ4n) is 2.46. The van der Waals surface area contributed by atoms with Gasteiger partial charge in [0.15, 0.2) is 0 Å². The highest BCUT2D eigenvalue weighted by Crippen LogP contribution is 2.41. The number of rotatable bonds is 5. The fraction of sp³-hybridized carbons (Fsp3) is 0.571. The Hall–Kier alpha value is -1.32. The Balaban J connectivity index is 2.44. The lowest BCUT2D eigenvalue weighted by Gasteiger charge is -2.37. The Kier molecular flexibility index (Phi) is 4.67. The lowest BCUT2D eigenvalue weighted by atomic mass is 9.90. The Bertz CT molecular complexity index is 799. The lowest BCUT2D eigenvalue weighted by molar-refractivity contribution is 0.0701. The van der Waals surface area contributed by atoms with Gasteiger partial charge in [0.1, 0.15) is 17.1 Å². The minimum Gasteiger partial charge on any atom is -0.487 e. The van der Waals surface area contributed by atoms with Crippen LogP contribution in [0, 0.1) is 0 Å². The average molecular weight is 363 g/mol. The van der Waals surface area contributed by atoms with Gasteiger partial charge in [0, 0.05) is 12.0 Å². The molecule has 1 aliphatic rings. The number of nitrogens with one attached hydrogen (secondary N) is 1. The first-order valence-corrected chi connectivity index (χ1v) is 10.6. The first kappa shape index (κ1) is 18.0. The Labute approximate surface area is 137 Å². The molecule has 2 rings (SSSR count). The third-order valence-corrected chi connectivity index (χ3v) is 5.29. The number of ether oxygens (including phenoxy) is 1. The molecule has 1 aliphatic heterocycles. The highest BCUT2D eigenvalue weighted by molar-refractivity contribution is 7.89. The van der Waals surface area contributed by atoms with Gasteiger partial charge in [0.25, 0.3) is 0 Å². The molecule has 130 valence electrons. The minimum atomic E-state index is -3.66. The topological polar surface area (TPSA) is 98.8 Å². The van der Waals surface area contributed by atoms with Gasteiger partial charge < -0.3 is 8.92 Å². The van der Waals surface area contributed by atoms with Gasteiger partial charge in [0.2, 0.25) is 10.0 Å². The van der Waals surface area contributed by atoms with Crippen molar-refractivity contribution in [1.82, 2.24) is 4.72 Å². The largest absolute Gasteiger partial charge is 0.487 e. The second-order valence-corrected chi connectivity index (χ2v) is 9.74. The Morgan fingerprint density at radius 2 is 1.96 bits per heavy atom. The van der Waals surface area contributed by atoms with Crippen LogP contribution < -0.4 is 13.6 Å². The summed E-state index contributed by atoms with van der Waals surface area (Å²) in [5.41, 5.74) is 0.00939. The molecule has 1 unspecified atom stereocenters. The second-order valence-electron chi connectivity index (χ2n) is 6.13. The third kappa shape index (κ3) is 4.82. The van der Waals surface area contributed by atoms with E-state index in [0.29, 0.717) is 17.7 Å². The second kappa shape index (κ2) is 5.95. The van der Waals surface area contributed by atoms with Gasteiger partial charge >= 0.3 is 10.1 Å². The fourth-order valence-corrected chi connectivity index (χ4v) is 3.73. The molecule has 0 bridgehead atoms. The molecule has 1 heterocycles. The standard InChI is InChI=1S/C14H21NO6S2/c1-5-23(18,19)15-12-9-14(2,3)20-13-7-6-10(8-11(12)13)21-22(4,16)17/h6-8,12,15H,5,9H2,1-4H3. The van der Waals surface area contributed by atoms with Crippen LogP contribution in [0.15, 0.2) is 18.2 Å². The van der Waals surface area contributed by atoms with Gasteiger partial charge in [-0.15, -0.1) is 0 Å². The number of fused-ring (bicyclic) bond motifs is 1. The summed E-state index contributed by atoms with van der Waals surface area (Å²) in [6.45, 7) is 5.28. The van der Waals surface area contributed by atoms with Crippen LogP contribution in [0.5, 0.6) is 11.5 Å². The van der Waals surface area contributed by atoms with E-state index in [9.17, 15) is 16.8 Å². The van der Waals surface area contributed by atoms with Gasteiger partial charge in [-0.05, 0) is 39.0 Å². The molecule has 0 spiro atoms. The molecule has 0 saturated heterocycles. The molecule has 9 heteroatoms. The van der Waals surface area contributed by atoms with Crippen LogP contribution in [0.2, 0.25) is 0 Å². The van der Waals surface area contributed by atoms with E-state index in [1.165, 1.54) is 12.1 Å². The molecule has 1 atom stereocenters. The van der Waals surface area contributed by atoms with Crippen molar-refractivity contribution in [1.29, 1.82) is 0 Å². The molecular weight excluding hydrogens is 342 g/mol. The first-order valence-electron chi connectivity index (χ1n) is 7.13. The van der Waals surface area contributed by atoms with Crippen LogP contribution in [0.25, 0.3) is 0 Å². The highest BCUT2D eigenvalue weighted by Gasteiger charge is 2.35. The van der Waals surface area contributed by atoms with Gasteiger partial charge in [-0.3, -0.25) is 0 Å². The maximum Gasteiger partial charge on any atom is 0.306 e. The molecule has 0 radical (unpaired) electrons. The summed E-state index contributed by atoms with van der Waals surface area (Å²) in [5, 5.41) is 0. The number of hydrogen-bond acceptors (Lipinski definition) is 6. The van der Waals surface area contributed by atoms with Crippen molar-refractivity contribution in [2.45, 2.75) is 38.8 Å². The monoisotopic (exact) mass is 363 g/mol. The van der Waals surface area contributed by atoms with E-state index in [4.69, 9.17) is 8.92 Å². The lowest BCUT2D eigenvalue weighted by Crippen LogP contribution is -2.41. The van der Waals surface area contributed by atoms with Gasteiger partial charge in [-0.25, -0.2) is 13.1 Å². The molecule has 0 amide bonds. The summed E-state index contributed by atoms with van der Waals surface area (Å²) in [5.74, 6) is 0.584. The van der Waals surface area contributed by atoms with Crippen molar-refractivity contribution in [3.8, 4) is 11.5 Å². The van der Waals surface area contributed by atoms with Crippen LogP contribution in [0.1, 0.15) is 38.8 Å². The summed E-state index contributed by atoms with van der Waals surface area (Å²) >= 11 is 0. The molecule has 0 fully saturated rings. The van der Waals surface area contributed by atoms with E-state index in [0.717, 1.165) is 6.26 Å². The zero-order valence-electron chi connectivity index (χ0n) is 13.5. The van der Waals surface area contributed by atoms with Crippen molar-refractivity contribution in [3.05, 3.63) is 23.8 Å². The highest BCUT2D eigenvalue weighted by atomic mass is 32.2. The zero-order chi connectivity index (χ0) is 17.5. The van der Waals surface area contributed by atoms with E-state index in [-0.39, 0.29) is 11.5 Å². The molecule has 1 N–H and O–H groups in total. The van der Waals surface area contributed by atoms with Gasteiger partial charge in [-0.2, -0.15) is 8.42 Å². The van der Waals surface area contributed by atoms with Crippen molar-refractivity contribution in [2.24, 2.45) is 0 Å². The Morgan fingerprint density at radius 3 is 2.52 bits per heavy atom. The van der Waals surface area contributed by atoms with Crippen molar-refractivity contribution >= 4 is 20.1 Å². The average Bonchev–Trinajstić information content (AvgIpc) is 2.36. The SMILES string of the molecule is CCS(=O)(=O)NC1CC(C)(C)Oc2ccc(OS(C)(=O)=O)cc21. The summed E-state index contributed by atoms with van der Waals surface area (Å²) in [7, 11) is -7.09. The predicted octanol–water partition coefficient (Wildman–Crippen LogP) is 1.57. The maximum atomic E-state index is 11.9. The third-order valence-electron chi connectivity index (χ3n) is 3.39. The minimum absolute atomic E-state index is 0.0420.